The van der Waals surface area contributed by atoms with Crippen LogP contribution in [0.5, 0.6) is 0 Å². The molecule has 0 amide bonds. The second-order valence-corrected chi connectivity index (χ2v) is 0. The topological polar surface area (TPSA) is 17.1 Å². The molecule has 0 atom stereocenters. The van der Waals surface area contributed by atoms with Crippen molar-refractivity contribution in [2.45, 2.75) is 0 Å². The van der Waals surface area contributed by atoms with Crippen LogP contribution in [-0.2, 0) is 68.5 Å². The van der Waals surface area contributed by atoms with Gasteiger partial charge in [-0.15, -0.1) is 0 Å². The number of hydrogen-bond donors (Lipinski definition) is 0. The molecule has 0 unspecified atom stereocenters. The minimum Gasteiger partial charge on any atom is 0 e. The molecule has 1 nitrogen and oxygen atoms in total. The van der Waals surface area contributed by atoms with Gasteiger partial charge in [-0.25, -0.2) is 0 Å². The molecular weight excluding hydrogens is 365 g/mol. The van der Waals surface area contributed by atoms with Crippen LogP contribution in [0, 0.1) is 0 Å². The van der Waals surface area contributed by atoms with Crippen LogP contribution in [-0.4, -0.2) is 17.4 Å². The van der Waals surface area contributed by atoms with Crippen molar-refractivity contribution in [2.24, 2.45) is 0 Å². The van der Waals surface area contributed by atoms with E-state index in [0.29, 0.717) is 0 Å². The molecule has 26 valence electrons. The molecule has 0 spiro atoms. The van der Waals surface area contributed by atoms with Gasteiger partial charge >= 0.3 is 23.7 Å². The molecular formula is H3AlNbOTaTi. The summed E-state index contributed by atoms with van der Waals surface area (Å²) in [6.07, 6.45) is 0. The van der Waals surface area contributed by atoms with E-state index in [2.05, 4.69) is 0 Å². The van der Waals surface area contributed by atoms with E-state index in [1.807, 2.05) is 0 Å². The molecule has 5 heavy (non-hydrogen) atoms. The minimum atomic E-state index is 0. The summed E-state index contributed by atoms with van der Waals surface area (Å²) in [5, 5.41) is 0. The zero-order valence-electron chi connectivity index (χ0n) is 1.80. The van der Waals surface area contributed by atoms with E-state index in [9.17, 15) is 0 Å². The molecule has 0 aromatic rings. The maximum absolute atomic E-state index is 8.25. The molecule has 0 aromatic heterocycles. The first-order chi connectivity index (χ1) is 1.00. The monoisotopic (exact) mass is 368 g/mol. The van der Waals surface area contributed by atoms with Gasteiger partial charge in [0.05, 0.1) is 0 Å². The maximum Gasteiger partial charge on any atom is 0 e. The van der Waals surface area contributed by atoms with Gasteiger partial charge in [0.2, 0.25) is 0 Å². The predicted molar refractivity (Wildman–Crippen MR) is 10.6 cm³/mol. The molecule has 0 aromatic carbocycles. The normalized spacial score (nSPS) is 0.600. The smallest absolute Gasteiger partial charge is 0 e. The molecule has 0 saturated heterocycles. The van der Waals surface area contributed by atoms with E-state index < -0.39 is 0 Å². The molecule has 0 saturated carbocycles. The van der Waals surface area contributed by atoms with Crippen LogP contribution < -0.4 is 0 Å². The summed E-state index contributed by atoms with van der Waals surface area (Å²) in [5.41, 5.74) is 0. The maximum atomic E-state index is 8.25. The predicted octanol–water partition coefficient (Wildman–Crippen LogP) is -1.31. The van der Waals surface area contributed by atoms with Crippen molar-refractivity contribution in [2.75, 3.05) is 0 Å². The van der Waals surface area contributed by atoms with Crippen LogP contribution in [0.1, 0.15) is 0 Å². The van der Waals surface area contributed by atoms with Gasteiger partial charge in [-0.1, -0.05) is 0 Å². The first-order valence-corrected chi connectivity index (χ1v) is 0.842. The zero-order valence-corrected chi connectivity index (χ0v) is 8.78. The van der Waals surface area contributed by atoms with E-state index in [0.717, 1.165) is 20.4 Å². The van der Waals surface area contributed by atoms with E-state index >= 15 is 0 Å². The Bertz CT molecular complexity index is 11.6. The van der Waals surface area contributed by atoms with Crippen LogP contribution in [0.2, 0.25) is 0 Å². The standard InChI is InChI=1S/Al.Nb.O.Ta.Ti.3H. The van der Waals surface area contributed by atoms with Crippen LogP contribution in [0.3, 0.4) is 0 Å². The zero-order chi connectivity index (χ0) is 2.00. The van der Waals surface area contributed by atoms with Crippen molar-refractivity contribution in [3.05, 3.63) is 0 Å². The van der Waals surface area contributed by atoms with Crippen LogP contribution in [0.25, 0.3) is 0 Å². The average molecular weight is 368 g/mol. The molecule has 0 aliphatic rings. The Morgan fingerprint density at radius 2 is 1.20 bits per heavy atom. The molecule has 2 radical (unpaired) electrons. The average Bonchev–Trinajstić information content (AvgIpc) is 1.00. The molecule has 5 heteroatoms. The SMILES string of the molecule is [AlH3].[Nb].[O]=[Ti].[Ta]. The second-order valence-electron chi connectivity index (χ2n) is 0. The third-order valence-electron chi connectivity index (χ3n) is 0. The Labute approximate surface area is 84.5 Å². The fourth-order valence-corrected chi connectivity index (χ4v) is 0. The molecule has 0 aliphatic heterocycles. The largest absolute Gasteiger partial charge is 0 e. The summed E-state index contributed by atoms with van der Waals surface area (Å²) in [6, 6.07) is 0. The Morgan fingerprint density at radius 3 is 1.20 bits per heavy atom. The molecule has 0 aliphatic carbocycles. The minimum absolute atomic E-state index is 0. The van der Waals surface area contributed by atoms with Crippen molar-refractivity contribution in [3.63, 3.8) is 0 Å². The fraction of sp³-hybridized carbons (Fsp3) is 0. The van der Waals surface area contributed by atoms with Crippen molar-refractivity contribution in [3.8, 4) is 0 Å². The molecule has 0 heterocycles. The fourth-order valence-electron chi connectivity index (χ4n) is 0. The number of hydrogen-bond acceptors (Lipinski definition) is 1. The van der Waals surface area contributed by atoms with Gasteiger partial charge in [-0.2, -0.15) is 0 Å². The van der Waals surface area contributed by atoms with Gasteiger partial charge in [-0.05, 0) is 0 Å². The Hall–Kier alpha value is 2.53. The molecule has 0 fully saturated rings. The van der Waals surface area contributed by atoms with Crippen molar-refractivity contribution in [1.29, 1.82) is 0 Å². The van der Waals surface area contributed by atoms with Gasteiger partial charge < -0.3 is 0 Å². The quantitative estimate of drug-likeness (QED) is 0.486. The van der Waals surface area contributed by atoms with Gasteiger partial charge in [-0.3, -0.25) is 0 Å². The van der Waals surface area contributed by atoms with Gasteiger partial charge in [0, 0.05) is 44.8 Å². The Kier molecular flexibility index (Phi) is 161. The third-order valence-corrected chi connectivity index (χ3v) is 0. The van der Waals surface area contributed by atoms with E-state index in [1.165, 1.54) is 0 Å². The summed E-state index contributed by atoms with van der Waals surface area (Å²) in [6.45, 7) is 0. The van der Waals surface area contributed by atoms with Gasteiger partial charge in [0.15, 0.2) is 17.4 Å². The Morgan fingerprint density at radius 1 is 1.20 bits per heavy atom. The third kappa shape index (κ3) is 20.9. The summed E-state index contributed by atoms with van der Waals surface area (Å²) in [5.74, 6) is 0. The molecule has 0 bridgehead atoms. The van der Waals surface area contributed by atoms with Crippen molar-refractivity contribution >= 4 is 17.4 Å². The Balaban J connectivity index is -0.00000000167. The van der Waals surface area contributed by atoms with Crippen molar-refractivity contribution in [1.82, 2.24) is 0 Å². The summed E-state index contributed by atoms with van der Waals surface area (Å²) in [7, 11) is 0. The van der Waals surface area contributed by atoms with Gasteiger partial charge in [0.25, 0.3) is 0 Å². The van der Waals surface area contributed by atoms with Crippen LogP contribution in [0.15, 0.2) is 0 Å². The summed E-state index contributed by atoms with van der Waals surface area (Å²) >= 11 is 0.750. The first kappa shape index (κ1) is 25.8. The number of rotatable bonds is 0. The van der Waals surface area contributed by atoms with E-state index in [1.54, 1.807) is 0 Å². The van der Waals surface area contributed by atoms with Gasteiger partial charge in [0.1, 0.15) is 0 Å². The summed E-state index contributed by atoms with van der Waals surface area (Å²) in [4.78, 5) is 0. The molecule has 0 rings (SSSR count). The first-order valence-electron chi connectivity index (χ1n) is 0.204. The second kappa shape index (κ2) is 31.2. The van der Waals surface area contributed by atoms with E-state index in [4.69, 9.17) is 3.32 Å². The van der Waals surface area contributed by atoms with Crippen LogP contribution >= 0.6 is 0 Å². The summed E-state index contributed by atoms with van der Waals surface area (Å²) < 4.78 is 8.25. The van der Waals surface area contributed by atoms with Crippen LogP contribution in [0.4, 0.5) is 0 Å². The molecule has 0 N–H and O–H groups in total. The van der Waals surface area contributed by atoms with Crippen molar-refractivity contribution < 1.29 is 68.5 Å². The van der Waals surface area contributed by atoms with E-state index in [-0.39, 0.29) is 62.1 Å².